The van der Waals surface area contributed by atoms with E-state index in [0.29, 0.717) is 5.75 Å². The first kappa shape index (κ1) is 15.6. The van der Waals surface area contributed by atoms with E-state index >= 15 is 0 Å². The molecule has 5 nitrogen and oxygen atoms in total. The standard InChI is InChI=1S/C19H16N2O3/c1-2-11-24-15-9-7-14(8-10-15)18(13-21(22)23)17-12-20-19-6-4-3-5-16(17)19/h1,3-10,12,18,20H,11,13H2/t18-/m1/s1. The van der Waals surface area contributed by atoms with E-state index in [1.807, 2.05) is 42.6 Å². The second-order valence-electron chi connectivity index (χ2n) is 5.42. The molecule has 1 heterocycles. The highest BCUT2D eigenvalue weighted by Crippen LogP contribution is 2.31. The molecule has 120 valence electrons. The Labute approximate surface area is 139 Å². The molecule has 5 heteroatoms. The van der Waals surface area contributed by atoms with Crippen LogP contribution in [-0.2, 0) is 0 Å². The van der Waals surface area contributed by atoms with Gasteiger partial charge in [0.2, 0.25) is 6.54 Å². The van der Waals surface area contributed by atoms with Crippen molar-refractivity contribution in [3.05, 3.63) is 76.0 Å². The fraction of sp³-hybridized carbons (Fsp3) is 0.158. The molecular weight excluding hydrogens is 304 g/mol. The smallest absolute Gasteiger partial charge is 0.214 e. The van der Waals surface area contributed by atoms with E-state index in [4.69, 9.17) is 11.2 Å². The number of aromatic amines is 1. The molecule has 0 aliphatic rings. The van der Waals surface area contributed by atoms with Crippen molar-refractivity contribution in [2.45, 2.75) is 5.92 Å². The predicted octanol–water partition coefficient (Wildman–Crippen LogP) is 3.59. The molecule has 2 aromatic carbocycles. The van der Waals surface area contributed by atoms with Gasteiger partial charge in [-0.1, -0.05) is 36.3 Å². The van der Waals surface area contributed by atoms with E-state index in [2.05, 4.69) is 10.9 Å². The van der Waals surface area contributed by atoms with Gasteiger partial charge in [0.15, 0.2) is 0 Å². The topological polar surface area (TPSA) is 68.2 Å². The maximum absolute atomic E-state index is 11.2. The Kier molecular flexibility index (Phi) is 4.48. The Balaban J connectivity index is 1.98. The van der Waals surface area contributed by atoms with Crippen molar-refractivity contribution < 1.29 is 9.66 Å². The maximum Gasteiger partial charge on any atom is 0.214 e. The van der Waals surface area contributed by atoms with Crippen LogP contribution < -0.4 is 4.74 Å². The Morgan fingerprint density at radius 1 is 1.21 bits per heavy atom. The summed E-state index contributed by atoms with van der Waals surface area (Å²) in [4.78, 5) is 14.1. The summed E-state index contributed by atoms with van der Waals surface area (Å²) in [7, 11) is 0. The van der Waals surface area contributed by atoms with Crippen LogP contribution in [0, 0.1) is 22.5 Å². The number of nitrogens with zero attached hydrogens (tertiary/aromatic N) is 1. The fourth-order valence-electron chi connectivity index (χ4n) is 2.84. The first-order valence-corrected chi connectivity index (χ1v) is 7.53. The summed E-state index contributed by atoms with van der Waals surface area (Å²) in [6.45, 7) is 0.0204. The highest BCUT2D eigenvalue weighted by molar-refractivity contribution is 5.84. The lowest BCUT2D eigenvalue weighted by atomic mass is 9.91. The number of para-hydroxylation sites is 1. The summed E-state index contributed by atoms with van der Waals surface area (Å²) in [6.07, 6.45) is 7.02. The van der Waals surface area contributed by atoms with Crippen LogP contribution >= 0.6 is 0 Å². The van der Waals surface area contributed by atoms with Gasteiger partial charge in [-0.2, -0.15) is 0 Å². The third kappa shape index (κ3) is 3.23. The van der Waals surface area contributed by atoms with E-state index in [1.165, 1.54) is 0 Å². The third-order valence-corrected chi connectivity index (χ3v) is 3.93. The molecule has 0 bridgehead atoms. The number of terminal acetylenes is 1. The van der Waals surface area contributed by atoms with Crippen molar-refractivity contribution >= 4 is 10.9 Å². The lowest BCUT2D eigenvalue weighted by molar-refractivity contribution is -0.481. The molecule has 0 spiro atoms. The number of fused-ring (bicyclic) bond motifs is 1. The quantitative estimate of drug-likeness (QED) is 0.429. The van der Waals surface area contributed by atoms with Gasteiger partial charge in [-0.3, -0.25) is 10.1 Å². The molecule has 0 amide bonds. The van der Waals surface area contributed by atoms with Crippen molar-refractivity contribution in [1.82, 2.24) is 4.98 Å². The van der Waals surface area contributed by atoms with Crippen LogP contribution in [0.5, 0.6) is 5.75 Å². The number of benzene rings is 2. The molecule has 24 heavy (non-hydrogen) atoms. The third-order valence-electron chi connectivity index (χ3n) is 3.93. The molecule has 0 unspecified atom stereocenters. The van der Waals surface area contributed by atoms with Gasteiger partial charge in [0.05, 0.1) is 5.92 Å². The molecule has 0 saturated heterocycles. The molecule has 0 saturated carbocycles. The van der Waals surface area contributed by atoms with Crippen LogP contribution in [0.15, 0.2) is 54.7 Å². The van der Waals surface area contributed by atoms with E-state index in [-0.39, 0.29) is 24.0 Å². The second-order valence-corrected chi connectivity index (χ2v) is 5.42. The minimum atomic E-state index is -0.335. The minimum Gasteiger partial charge on any atom is -0.481 e. The largest absolute Gasteiger partial charge is 0.481 e. The SMILES string of the molecule is C#CCOc1ccc([C@@H](C[N+](=O)[O-])c2c[nH]c3ccccc23)cc1. The van der Waals surface area contributed by atoms with E-state index in [0.717, 1.165) is 22.0 Å². The van der Waals surface area contributed by atoms with Crippen LogP contribution in [0.4, 0.5) is 0 Å². The van der Waals surface area contributed by atoms with Crippen molar-refractivity contribution in [3.8, 4) is 18.1 Å². The highest BCUT2D eigenvalue weighted by Gasteiger charge is 2.23. The number of nitro groups is 1. The van der Waals surface area contributed by atoms with E-state index in [9.17, 15) is 10.1 Å². The molecule has 0 aliphatic carbocycles. The lowest BCUT2D eigenvalue weighted by Crippen LogP contribution is -2.13. The summed E-state index contributed by atoms with van der Waals surface area (Å²) < 4.78 is 5.36. The average Bonchev–Trinajstić information content (AvgIpc) is 3.02. The van der Waals surface area contributed by atoms with Crippen LogP contribution in [0.2, 0.25) is 0 Å². The van der Waals surface area contributed by atoms with Crippen molar-refractivity contribution in [1.29, 1.82) is 0 Å². The normalized spacial score (nSPS) is 11.8. The van der Waals surface area contributed by atoms with Crippen LogP contribution in [-0.4, -0.2) is 23.1 Å². The molecule has 1 N–H and O–H groups in total. The zero-order valence-corrected chi connectivity index (χ0v) is 12.9. The Morgan fingerprint density at radius 3 is 2.67 bits per heavy atom. The van der Waals surface area contributed by atoms with Crippen LogP contribution in [0.25, 0.3) is 10.9 Å². The highest BCUT2D eigenvalue weighted by atomic mass is 16.6. The molecule has 3 aromatic rings. The average molecular weight is 320 g/mol. The molecule has 3 rings (SSSR count). The molecule has 0 aliphatic heterocycles. The number of hydrogen-bond donors (Lipinski definition) is 1. The predicted molar refractivity (Wildman–Crippen MR) is 92.8 cm³/mol. The molecule has 0 fully saturated rings. The van der Waals surface area contributed by atoms with Crippen LogP contribution in [0.3, 0.4) is 0 Å². The number of nitrogens with one attached hydrogen (secondary N) is 1. The Bertz CT molecular complexity index is 891. The van der Waals surface area contributed by atoms with Gasteiger partial charge < -0.3 is 9.72 Å². The Hall–Kier alpha value is -3.26. The summed E-state index contributed by atoms with van der Waals surface area (Å²) in [5.74, 6) is 2.72. The number of H-pyrrole nitrogens is 1. The molecule has 0 radical (unpaired) electrons. The van der Waals surface area contributed by atoms with Gasteiger partial charge in [-0.15, -0.1) is 6.42 Å². The minimum absolute atomic E-state index is 0.174. The second kappa shape index (κ2) is 6.88. The summed E-state index contributed by atoms with van der Waals surface area (Å²) in [6, 6.07) is 15.1. The molecule has 1 atom stereocenters. The molecular formula is C19H16N2O3. The first-order valence-electron chi connectivity index (χ1n) is 7.53. The van der Waals surface area contributed by atoms with Gasteiger partial charge in [0, 0.05) is 22.0 Å². The van der Waals surface area contributed by atoms with Gasteiger partial charge in [0.25, 0.3) is 0 Å². The fourth-order valence-corrected chi connectivity index (χ4v) is 2.84. The van der Waals surface area contributed by atoms with Crippen molar-refractivity contribution in [2.24, 2.45) is 0 Å². The van der Waals surface area contributed by atoms with Crippen molar-refractivity contribution in [2.75, 3.05) is 13.2 Å². The number of rotatable bonds is 6. The van der Waals surface area contributed by atoms with Crippen LogP contribution in [0.1, 0.15) is 17.0 Å². The number of ether oxygens (including phenoxy) is 1. The van der Waals surface area contributed by atoms with Gasteiger partial charge in [-0.25, -0.2) is 0 Å². The monoisotopic (exact) mass is 320 g/mol. The first-order chi connectivity index (χ1) is 11.7. The summed E-state index contributed by atoms with van der Waals surface area (Å²) in [5, 5.41) is 12.2. The number of hydrogen-bond acceptors (Lipinski definition) is 3. The van der Waals surface area contributed by atoms with Crippen molar-refractivity contribution in [3.63, 3.8) is 0 Å². The van der Waals surface area contributed by atoms with Gasteiger partial charge >= 0.3 is 0 Å². The zero-order chi connectivity index (χ0) is 16.9. The van der Waals surface area contributed by atoms with E-state index in [1.54, 1.807) is 12.1 Å². The maximum atomic E-state index is 11.2. The summed E-state index contributed by atoms with van der Waals surface area (Å²) in [5.41, 5.74) is 2.75. The zero-order valence-electron chi connectivity index (χ0n) is 12.9. The molecule has 1 aromatic heterocycles. The van der Waals surface area contributed by atoms with Gasteiger partial charge in [0.1, 0.15) is 12.4 Å². The number of aromatic nitrogens is 1. The van der Waals surface area contributed by atoms with Gasteiger partial charge in [-0.05, 0) is 29.3 Å². The van der Waals surface area contributed by atoms with E-state index < -0.39 is 0 Å². The lowest BCUT2D eigenvalue weighted by Gasteiger charge is -2.13. The summed E-state index contributed by atoms with van der Waals surface area (Å²) >= 11 is 0. The Morgan fingerprint density at radius 2 is 1.96 bits per heavy atom.